The van der Waals surface area contributed by atoms with Gasteiger partial charge < -0.3 is 5.32 Å². The first-order chi connectivity index (χ1) is 6.33. The van der Waals surface area contributed by atoms with E-state index in [-0.39, 0.29) is 11.9 Å². The summed E-state index contributed by atoms with van der Waals surface area (Å²) in [6.45, 7) is 0. The lowest BCUT2D eigenvalue weighted by molar-refractivity contribution is 0.0957. The van der Waals surface area contributed by atoms with E-state index in [4.69, 9.17) is 6.42 Å². The van der Waals surface area contributed by atoms with Crippen molar-refractivity contribution in [3.05, 3.63) is 35.4 Å². The van der Waals surface area contributed by atoms with Gasteiger partial charge in [-0.05, 0) is 11.6 Å². The van der Waals surface area contributed by atoms with Crippen molar-refractivity contribution in [2.45, 2.75) is 12.5 Å². The van der Waals surface area contributed by atoms with Crippen LogP contribution in [0.15, 0.2) is 24.3 Å². The molecule has 0 aromatic heterocycles. The molecular weight excluding hydrogens is 162 g/mol. The van der Waals surface area contributed by atoms with Crippen LogP contribution in [0, 0.1) is 12.3 Å². The van der Waals surface area contributed by atoms with Gasteiger partial charge in [-0.2, -0.15) is 0 Å². The quantitative estimate of drug-likeness (QED) is 0.637. The summed E-state index contributed by atoms with van der Waals surface area (Å²) in [7, 11) is 0. The van der Waals surface area contributed by atoms with E-state index in [0.29, 0.717) is 6.42 Å². The first-order valence-corrected chi connectivity index (χ1v) is 4.16. The number of terminal acetylenes is 1. The van der Waals surface area contributed by atoms with Crippen molar-refractivity contribution < 1.29 is 4.79 Å². The van der Waals surface area contributed by atoms with Gasteiger partial charge in [-0.3, -0.25) is 4.79 Å². The van der Waals surface area contributed by atoms with Crippen LogP contribution >= 0.6 is 0 Å². The average Bonchev–Trinajstić information content (AvgIpc) is 2.46. The van der Waals surface area contributed by atoms with Gasteiger partial charge in [0.15, 0.2) is 0 Å². The second-order valence-corrected chi connectivity index (χ2v) is 3.02. The molecular formula is C11H9NO. The van der Waals surface area contributed by atoms with Crippen LogP contribution in [0.2, 0.25) is 0 Å². The molecule has 2 rings (SSSR count). The normalized spacial score (nSPS) is 19.0. The minimum atomic E-state index is -0.0177. The molecule has 1 aliphatic rings. The number of carbonyl (C=O) groups is 1. The van der Waals surface area contributed by atoms with Gasteiger partial charge >= 0.3 is 0 Å². The van der Waals surface area contributed by atoms with Gasteiger partial charge in [-0.15, -0.1) is 12.3 Å². The maximum Gasteiger partial charge on any atom is 0.252 e. The van der Waals surface area contributed by atoms with E-state index in [2.05, 4.69) is 11.2 Å². The van der Waals surface area contributed by atoms with Crippen molar-refractivity contribution in [1.82, 2.24) is 5.32 Å². The zero-order chi connectivity index (χ0) is 9.26. The summed E-state index contributed by atoms with van der Waals surface area (Å²) in [4.78, 5) is 11.4. The number of carbonyl (C=O) groups excluding carboxylic acids is 1. The largest absolute Gasteiger partial charge is 0.344 e. The SMILES string of the molecule is C#CC[C@@H]1NC(=O)c2ccccc21. The Kier molecular flexibility index (Phi) is 1.79. The van der Waals surface area contributed by atoms with Crippen molar-refractivity contribution in [3.63, 3.8) is 0 Å². The zero-order valence-electron chi connectivity index (χ0n) is 7.08. The van der Waals surface area contributed by atoms with Crippen molar-refractivity contribution in [2.75, 3.05) is 0 Å². The Morgan fingerprint density at radius 1 is 1.46 bits per heavy atom. The van der Waals surface area contributed by atoms with Crippen LogP contribution in [0.3, 0.4) is 0 Å². The first-order valence-electron chi connectivity index (χ1n) is 4.16. The lowest BCUT2D eigenvalue weighted by atomic mass is 10.0. The number of nitrogens with one attached hydrogen (secondary N) is 1. The molecule has 0 fully saturated rings. The summed E-state index contributed by atoms with van der Waals surface area (Å²) < 4.78 is 0. The summed E-state index contributed by atoms with van der Waals surface area (Å²) in [5.74, 6) is 2.54. The van der Waals surface area contributed by atoms with Gasteiger partial charge in [0, 0.05) is 12.0 Å². The molecule has 1 aromatic carbocycles. The maximum atomic E-state index is 11.4. The molecule has 0 saturated carbocycles. The third-order valence-electron chi connectivity index (χ3n) is 2.21. The average molecular weight is 171 g/mol. The van der Waals surface area contributed by atoms with E-state index in [1.165, 1.54) is 0 Å². The van der Waals surface area contributed by atoms with Gasteiger partial charge in [-0.25, -0.2) is 0 Å². The highest BCUT2D eigenvalue weighted by atomic mass is 16.2. The molecule has 1 heterocycles. The Morgan fingerprint density at radius 2 is 2.23 bits per heavy atom. The summed E-state index contributed by atoms with van der Waals surface area (Å²) in [5, 5.41) is 2.84. The Labute approximate surface area is 77.0 Å². The molecule has 1 amide bonds. The van der Waals surface area contributed by atoms with Crippen LogP contribution in [0.25, 0.3) is 0 Å². The smallest absolute Gasteiger partial charge is 0.252 e. The fourth-order valence-corrected chi connectivity index (χ4v) is 1.60. The zero-order valence-corrected chi connectivity index (χ0v) is 7.08. The van der Waals surface area contributed by atoms with Crippen LogP contribution in [0.1, 0.15) is 28.4 Å². The van der Waals surface area contributed by atoms with Crippen molar-refractivity contribution in [3.8, 4) is 12.3 Å². The molecule has 0 bridgehead atoms. The minimum Gasteiger partial charge on any atom is -0.344 e. The second kappa shape index (κ2) is 2.95. The molecule has 1 N–H and O–H groups in total. The third kappa shape index (κ3) is 1.19. The first kappa shape index (κ1) is 7.88. The fourth-order valence-electron chi connectivity index (χ4n) is 1.60. The Balaban J connectivity index is 2.42. The molecule has 64 valence electrons. The topological polar surface area (TPSA) is 29.1 Å². The van der Waals surface area contributed by atoms with Gasteiger partial charge in [0.2, 0.25) is 0 Å². The molecule has 13 heavy (non-hydrogen) atoms. The molecule has 0 radical (unpaired) electrons. The highest BCUT2D eigenvalue weighted by Gasteiger charge is 2.26. The van der Waals surface area contributed by atoms with E-state index in [1.807, 2.05) is 24.3 Å². The summed E-state index contributed by atoms with van der Waals surface area (Å²) >= 11 is 0. The van der Waals surface area contributed by atoms with E-state index in [9.17, 15) is 4.79 Å². The molecule has 1 atom stereocenters. The summed E-state index contributed by atoms with van der Waals surface area (Å²) in [6, 6.07) is 7.55. The lowest BCUT2D eigenvalue weighted by Crippen LogP contribution is -2.18. The highest BCUT2D eigenvalue weighted by Crippen LogP contribution is 2.26. The molecule has 0 unspecified atom stereocenters. The Morgan fingerprint density at radius 3 is 3.00 bits per heavy atom. The van der Waals surface area contributed by atoms with Gasteiger partial charge in [-0.1, -0.05) is 18.2 Å². The Hall–Kier alpha value is -1.75. The van der Waals surface area contributed by atoms with Crippen LogP contribution in [0.5, 0.6) is 0 Å². The number of hydrogen-bond acceptors (Lipinski definition) is 1. The molecule has 0 aliphatic carbocycles. The van der Waals surface area contributed by atoms with Crippen molar-refractivity contribution >= 4 is 5.91 Å². The van der Waals surface area contributed by atoms with Crippen LogP contribution < -0.4 is 5.32 Å². The molecule has 0 saturated heterocycles. The predicted molar refractivity (Wildman–Crippen MR) is 50.1 cm³/mol. The predicted octanol–water partition coefficient (Wildman–Crippen LogP) is 1.49. The van der Waals surface area contributed by atoms with E-state index < -0.39 is 0 Å². The van der Waals surface area contributed by atoms with Gasteiger partial charge in [0.05, 0.1) is 6.04 Å². The Bertz CT molecular complexity index is 389. The summed E-state index contributed by atoms with van der Waals surface area (Å²) in [6.07, 6.45) is 5.77. The van der Waals surface area contributed by atoms with Gasteiger partial charge in [0.1, 0.15) is 0 Å². The number of benzene rings is 1. The maximum absolute atomic E-state index is 11.4. The number of fused-ring (bicyclic) bond motifs is 1. The molecule has 2 heteroatoms. The monoisotopic (exact) mass is 171 g/mol. The number of hydrogen-bond donors (Lipinski definition) is 1. The number of rotatable bonds is 1. The molecule has 1 aliphatic heterocycles. The van der Waals surface area contributed by atoms with Gasteiger partial charge in [0.25, 0.3) is 5.91 Å². The highest BCUT2D eigenvalue weighted by molar-refractivity contribution is 5.99. The van der Waals surface area contributed by atoms with E-state index in [1.54, 1.807) is 0 Å². The van der Waals surface area contributed by atoms with Crippen LogP contribution in [0.4, 0.5) is 0 Å². The summed E-state index contributed by atoms with van der Waals surface area (Å²) in [5.41, 5.74) is 1.77. The number of amides is 1. The molecule has 1 aromatic rings. The van der Waals surface area contributed by atoms with Crippen LogP contribution in [-0.4, -0.2) is 5.91 Å². The third-order valence-corrected chi connectivity index (χ3v) is 2.21. The lowest BCUT2D eigenvalue weighted by Gasteiger charge is -2.05. The van der Waals surface area contributed by atoms with Crippen molar-refractivity contribution in [1.29, 1.82) is 0 Å². The fraction of sp³-hybridized carbons (Fsp3) is 0.182. The van der Waals surface area contributed by atoms with E-state index in [0.717, 1.165) is 11.1 Å². The second-order valence-electron chi connectivity index (χ2n) is 3.02. The minimum absolute atomic E-state index is 0.00806. The molecule has 0 spiro atoms. The molecule has 2 nitrogen and oxygen atoms in total. The standard InChI is InChI=1S/C11H9NO/c1-2-5-10-8-6-3-4-7-9(8)11(13)12-10/h1,3-4,6-7,10H,5H2,(H,12,13)/t10-/m0/s1. The van der Waals surface area contributed by atoms with Crippen molar-refractivity contribution in [2.24, 2.45) is 0 Å². The van der Waals surface area contributed by atoms with E-state index >= 15 is 0 Å². The van der Waals surface area contributed by atoms with Crippen LogP contribution in [-0.2, 0) is 0 Å².